The number of hydrogen-bond acceptors (Lipinski definition) is 5. The molecule has 0 aliphatic carbocycles. The second kappa shape index (κ2) is 13.6. The molecule has 0 fully saturated rings. The maximum absolute atomic E-state index is 13.5. The Hall–Kier alpha value is -2.28. The highest BCUT2D eigenvalue weighted by molar-refractivity contribution is 7.92. The molecule has 0 bridgehead atoms. The molecular formula is C28H36O5S. The zero-order valence-corrected chi connectivity index (χ0v) is 20.8. The van der Waals surface area contributed by atoms with Crippen LogP contribution in [-0.4, -0.2) is 38.3 Å². The number of hydrogen-bond donors (Lipinski definition) is 0. The third-order valence-corrected chi connectivity index (χ3v) is 8.20. The van der Waals surface area contributed by atoms with E-state index >= 15 is 0 Å². The molecule has 0 N–H and O–H groups in total. The van der Waals surface area contributed by atoms with Crippen LogP contribution in [0.3, 0.4) is 0 Å². The minimum atomic E-state index is -3.79. The molecule has 2 aromatic rings. The summed E-state index contributed by atoms with van der Waals surface area (Å²) in [6.45, 7) is 3.15. The van der Waals surface area contributed by atoms with Crippen LogP contribution in [0, 0.1) is 0 Å². The normalized spacial score (nSPS) is 22.1. The molecule has 3 rings (SSSR count). The van der Waals surface area contributed by atoms with E-state index in [1.165, 1.54) is 0 Å². The van der Waals surface area contributed by atoms with Crippen LogP contribution >= 0.6 is 0 Å². The Morgan fingerprint density at radius 2 is 1.65 bits per heavy atom. The van der Waals surface area contributed by atoms with Gasteiger partial charge < -0.3 is 9.47 Å². The van der Waals surface area contributed by atoms with Gasteiger partial charge in [0.1, 0.15) is 11.4 Å². The Bertz CT molecular complexity index is 1000. The maximum Gasteiger partial charge on any atom is 0.188 e. The van der Waals surface area contributed by atoms with Crippen molar-refractivity contribution in [3.8, 4) is 0 Å². The van der Waals surface area contributed by atoms with Gasteiger partial charge >= 0.3 is 0 Å². The molecule has 3 atom stereocenters. The minimum Gasteiger partial charge on any atom is -0.377 e. The SMILES string of the molecule is CCCCCCC1O[C@@H](CCOCc2ccccc2)/C=C\CC(S(=O)(=O)c2ccccc2)C1=O. The number of sulfone groups is 1. The number of unbranched alkanes of at least 4 members (excludes halogenated alkanes) is 3. The molecule has 2 unspecified atom stereocenters. The molecule has 1 aliphatic rings. The second-order valence-electron chi connectivity index (χ2n) is 8.75. The highest BCUT2D eigenvalue weighted by Gasteiger charge is 2.39. The Balaban J connectivity index is 1.69. The Morgan fingerprint density at radius 3 is 2.35 bits per heavy atom. The van der Waals surface area contributed by atoms with Gasteiger partial charge in [0.2, 0.25) is 0 Å². The molecule has 0 saturated heterocycles. The van der Waals surface area contributed by atoms with Gasteiger partial charge in [-0.2, -0.15) is 0 Å². The molecule has 5 nitrogen and oxygen atoms in total. The zero-order valence-electron chi connectivity index (χ0n) is 20.0. The number of allylic oxidation sites excluding steroid dienone is 1. The standard InChI is InChI=1S/C28H36O5S/c1-2-3-4-11-18-26-28(29)27(34(30,31)25-16-9-6-10-17-25)19-12-15-24(33-26)20-21-32-22-23-13-7-5-8-14-23/h5-10,12-17,24,26-27H,2-4,11,18-22H2,1H3/b15-12-/t24-,26?,27?/m1/s1. The molecule has 0 saturated carbocycles. The average molecular weight is 485 g/mol. The number of ketones is 1. The van der Waals surface area contributed by atoms with Gasteiger partial charge in [-0.3, -0.25) is 4.79 Å². The van der Waals surface area contributed by atoms with Gasteiger partial charge in [-0.15, -0.1) is 0 Å². The number of rotatable bonds is 12. The van der Waals surface area contributed by atoms with E-state index in [1.807, 2.05) is 36.4 Å². The predicted molar refractivity (Wildman–Crippen MR) is 134 cm³/mol. The molecule has 184 valence electrons. The van der Waals surface area contributed by atoms with E-state index < -0.39 is 21.2 Å². The summed E-state index contributed by atoms with van der Waals surface area (Å²) in [6, 6.07) is 18.2. The monoisotopic (exact) mass is 484 g/mol. The number of Topliss-reactive ketones (excluding diaryl/α,β-unsaturated/α-hetero) is 1. The van der Waals surface area contributed by atoms with Crippen LogP contribution < -0.4 is 0 Å². The molecule has 0 spiro atoms. The Morgan fingerprint density at radius 1 is 0.941 bits per heavy atom. The van der Waals surface area contributed by atoms with Crippen molar-refractivity contribution >= 4 is 15.6 Å². The van der Waals surface area contributed by atoms with E-state index in [4.69, 9.17) is 9.47 Å². The van der Waals surface area contributed by atoms with Crippen LogP contribution in [0.5, 0.6) is 0 Å². The summed E-state index contributed by atoms with van der Waals surface area (Å²) < 4.78 is 38.6. The van der Waals surface area contributed by atoms with E-state index in [0.29, 0.717) is 26.1 Å². The van der Waals surface area contributed by atoms with Gasteiger partial charge in [-0.05, 0) is 30.5 Å². The third-order valence-electron chi connectivity index (χ3n) is 6.10. The van der Waals surface area contributed by atoms with Gasteiger partial charge in [0, 0.05) is 13.0 Å². The van der Waals surface area contributed by atoms with E-state index in [-0.39, 0.29) is 23.2 Å². The fraction of sp³-hybridized carbons (Fsp3) is 0.464. The first-order valence-electron chi connectivity index (χ1n) is 12.3. The fourth-order valence-corrected chi connectivity index (χ4v) is 5.84. The first-order valence-corrected chi connectivity index (χ1v) is 13.8. The molecular weight excluding hydrogens is 448 g/mol. The van der Waals surface area contributed by atoms with Gasteiger partial charge in [0.25, 0.3) is 0 Å². The summed E-state index contributed by atoms with van der Waals surface area (Å²) >= 11 is 0. The molecule has 34 heavy (non-hydrogen) atoms. The predicted octanol–water partition coefficient (Wildman–Crippen LogP) is 5.69. The van der Waals surface area contributed by atoms with Gasteiger partial charge in [0.15, 0.2) is 15.6 Å². The van der Waals surface area contributed by atoms with Crippen LogP contribution in [-0.2, 0) is 30.7 Å². The number of ether oxygens (including phenoxy) is 2. The number of carbonyl (C=O) groups is 1. The van der Waals surface area contributed by atoms with Crippen LogP contribution in [0.1, 0.15) is 57.4 Å². The molecule has 1 aliphatic heterocycles. The van der Waals surface area contributed by atoms with Crippen molar-refractivity contribution in [3.05, 3.63) is 78.4 Å². The number of carbonyl (C=O) groups excluding carboxylic acids is 1. The van der Waals surface area contributed by atoms with Gasteiger partial charge in [-0.1, -0.05) is 93.3 Å². The van der Waals surface area contributed by atoms with E-state index in [1.54, 1.807) is 36.4 Å². The van der Waals surface area contributed by atoms with Gasteiger partial charge in [-0.25, -0.2) is 8.42 Å². The Labute approximate surface area is 204 Å². The summed E-state index contributed by atoms with van der Waals surface area (Å²) in [4.78, 5) is 13.7. The zero-order chi connectivity index (χ0) is 24.2. The smallest absolute Gasteiger partial charge is 0.188 e. The second-order valence-corrected chi connectivity index (χ2v) is 10.9. The van der Waals surface area contributed by atoms with Crippen LogP contribution in [0.4, 0.5) is 0 Å². The van der Waals surface area contributed by atoms with E-state index in [2.05, 4.69) is 6.92 Å². The first kappa shape index (κ1) is 26.3. The lowest BCUT2D eigenvalue weighted by Gasteiger charge is -2.28. The summed E-state index contributed by atoms with van der Waals surface area (Å²) in [6.07, 6.45) is 7.98. The minimum absolute atomic E-state index is 0.159. The van der Waals surface area contributed by atoms with Crippen molar-refractivity contribution in [2.45, 2.75) is 80.8 Å². The van der Waals surface area contributed by atoms with Crippen molar-refractivity contribution in [3.63, 3.8) is 0 Å². The highest BCUT2D eigenvalue weighted by Crippen LogP contribution is 2.26. The Kier molecular flexibility index (Phi) is 10.5. The summed E-state index contributed by atoms with van der Waals surface area (Å²) in [5, 5.41) is -1.13. The summed E-state index contributed by atoms with van der Waals surface area (Å²) in [5.74, 6) is -0.333. The quantitative estimate of drug-likeness (QED) is 0.286. The van der Waals surface area contributed by atoms with Crippen molar-refractivity contribution in [2.24, 2.45) is 0 Å². The van der Waals surface area contributed by atoms with Crippen LogP contribution in [0.2, 0.25) is 0 Å². The molecule has 0 amide bonds. The average Bonchev–Trinajstić information content (AvgIpc) is 2.85. The first-order chi connectivity index (χ1) is 16.5. The van der Waals surface area contributed by atoms with Gasteiger partial charge in [0.05, 0.1) is 17.6 Å². The lowest BCUT2D eigenvalue weighted by Crippen LogP contribution is -2.42. The lowest BCUT2D eigenvalue weighted by molar-refractivity contribution is -0.134. The molecule has 6 heteroatoms. The molecule has 0 aromatic heterocycles. The molecule has 0 radical (unpaired) electrons. The topological polar surface area (TPSA) is 69.7 Å². The van der Waals surface area contributed by atoms with Crippen LogP contribution in [0.25, 0.3) is 0 Å². The van der Waals surface area contributed by atoms with E-state index in [0.717, 1.165) is 31.2 Å². The maximum atomic E-state index is 13.5. The van der Waals surface area contributed by atoms with Crippen LogP contribution in [0.15, 0.2) is 77.7 Å². The number of benzene rings is 2. The highest BCUT2D eigenvalue weighted by atomic mass is 32.2. The summed E-state index contributed by atoms with van der Waals surface area (Å²) in [7, 11) is -3.79. The van der Waals surface area contributed by atoms with Crippen molar-refractivity contribution in [1.29, 1.82) is 0 Å². The van der Waals surface area contributed by atoms with E-state index in [9.17, 15) is 13.2 Å². The van der Waals surface area contributed by atoms with Crippen molar-refractivity contribution in [1.82, 2.24) is 0 Å². The van der Waals surface area contributed by atoms with Crippen molar-refractivity contribution in [2.75, 3.05) is 6.61 Å². The molecule has 2 aromatic carbocycles. The third kappa shape index (κ3) is 7.62. The fourth-order valence-electron chi connectivity index (χ4n) is 4.15. The summed E-state index contributed by atoms with van der Waals surface area (Å²) in [5.41, 5.74) is 1.11. The lowest BCUT2D eigenvalue weighted by atomic mass is 10.0. The van der Waals surface area contributed by atoms with Crippen molar-refractivity contribution < 1.29 is 22.7 Å². The molecule has 1 heterocycles. The largest absolute Gasteiger partial charge is 0.377 e.